The third-order valence-corrected chi connectivity index (χ3v) is 0.687. The van der Waals surface area contributed by atoms with Crippen molar-refractivity contribution >= 4 is 18.4 Å². The lowest BCUT2D eigenvalue weighted by Gasteiger charge is -1.80. The lowest BCUT2D eigenvalue weighted by atomic mass is 10.4. The van der Waals surface area contributed by atoms with E-state index in [2.05, 4.69) is 12.6 Å². The van der Waals surface area contributed by atoms with E-state index in [9.17, 15) is 4.79 Å². The molecule has 2 heteroatoms. The van der Waals surface area contributed by atoms with Gasteiger partial charge >= 0.3 is 0 Å². The Hall–Kier alpha value is 0.0200. The van der Waals surface area contributed by atoms with Gasteiger partial charge in [-0.1, -0.05) is 0 Å². The van der Waals surface area contributed by atoms with Crippen LogP contribution in [0.25, 0.3) is 0 Å². The van der Waals surface area contributed by atoms with Crippen molar-refractivity contribution in [2.45, 2.75) is 13.3 Å². The first-order valence-electron chi connectivity index (χ1n) is 1.87. The van der Waals surface area contributed by atoms with Crippen molar-refractivity contribution in [2.75, 3.05) is 5.75 Å². The van der Waals surface area contributed by atoms with Crippen LogP contribution in [-0.4, -0.2) is 11.5 Å². The second-order valence-electron chi connectivity index (χ2n) is 1.18. The second kappa shape index (κ2) is 3.22. The summed E-state index contributed by atoms with van der Waals surface area (Å²) >= 11 is 3.84. The van der Waals surface area contributed by atoms with E-state index < -0.39 is 0 Å². The number of thiol groups is 1. The van der Waals surface area contributed by atoms with Crippen LogP contribution in [0.15, 0.2) is 0 Å². The molecule has 0 amide bonds. The molecule has 0 bridgehead atoms. The van der Waals surface area contributed by atoms with E-state index in [1.807, 2.05) is 0 Å². The highest BCUT2D eigenvalue weighted by Crippen LogP contribution is 1.82. The van der Waals surface area contributed by atoms with Gasteiger partial charge in [-0.05, 0) is 12.7 Å². The average molecular weight is 104 g/mol. The van der Waals surface area contributed by atoms with Crippen LogP contribution in [0, 0.1) is 0 Å². The molecular weight excluding hydrogens is 96.1 g/mol. The fourth-order valence-electron chi connectivity index (χ4n) is 0.157. The molecule has 0 atom stereocenters. The smallest absolute Gasteiger partial charge is 0.130 e. The summed E-state index contributed by atoms with van der Waals surface area (Å²) in [7, 11) is 0. The van der Waals surface area contributed by atoms with Gasteiger partial charge in [0.2, 0.25) is 0 Å². The number of carbonyl (C=O) groups excluding carboxylic acids is 1. The maximum atomic E-state index is 9.99. The third kappa shape index (κ3) is 4.02. The van der Waals surface area contributed by atoms with Crippen LogP contribution < -0.4 is 0 Å². The Morgan fingerprint density at radius 2 is 2.33 bits per heavy atom. The summed E-state index contributed by atoms with van der Waals surface area (Å²) < 4.78 is 0. The summed E-state index contributed by atoms with van der Waals surface area (Å²) in [5.74, 6) is 0.889. The maximum Gasteiger partial charge on any atom is 0.130 e. The Kier molecular flexibility index (Phi) is 3.23. The minimum Gasteiger partial charge on any atom is -0.300 e. The van der Waals surface area contributed by atoms with Gasteiger partial charge in [-0.15, -0.1) is 0 Å². The molecule has 0 saturated heterocycles. The zero-order valence-electron chi connectivity index (χ0n) is 3.77. The van der Waals surface area contributed by atoms with Gasteiger partial charge in [0, 0.05) is 6.42 Å². The highest BCUT2D eigenvalue weighted by Gasteiger charge is 1.84. The summed E-state index contributed by atoms with van der Waals surface area (Å²) in [6.45, 7) is 1.57. The van der Waals surface area contributed by atoms with Crippen LogP contribution in [0.5, 0.6) is 0 Å². The van der Waals surface area contributed by atoms with E-state index >= 15 is 0 Å². The zero-order chi connectivity index (χ0) is 4.99. The average Bonchev–Trinajstić information content (AvgIpc) is 1.35. The van der Waals surface area contributed by atoms with Crippen LogP contribution in [0.1, 0.15) is 13.3 Å². The Balaban J connectivity index is 2.83. The molecule has 6 heavy (non-hydrogen) atoms. The van der Waals surface area contributed by atoms with Crippen LogP contribution in [-0.2, 0) is 4.79 Å². The highest BCUT2D eigenvalue weighted by molar-refractivity contribution is 7.80. The molecule has 0 saturated carbocycles. The zero-order valence-corrected chi connectivity index (χ0v) is 4.66. The van der Waals surface area contributed by atoms with Crippen LogP contribution in [0.2, 0.25) is 0 Å². The molecule has 0 spiro atoms. The van der Waals surface area contributed by atoms with Gasteiger partial charge in [-0.3, -0.25) is 4.79 Å². The molecule has 0 aliphatic heterocycles. The minimum atomic E-state index is 0.213. The number of carbonyl (C=O) groups is 1. The van der Waals surface area contributed by atoms with Gasteiger partial charge < -0.3 is 0 Å². The van der Waals surface area contributed by atoms with Gasteiger partial charge in [-0.2, -0.15) is 12.6 Å². The molecule has 0 N–H and O–H groups in total. The quantitative estimate of drug-likeness (QED) is 0.515. The molecule has 0 unspecified atom stereocenters. The summed E-state index contributed by atoms with van der Waals surface area (Å²) in [6.07, 6.45) is 0.600. The predicted octanol–water partition coefficient (Wildman–Crippen LogP) is 0.895. The second-order valence-corrected chi connectivity index (χ2v) is 1.62. The van der Waals surface area contributed by atoms with E-state index in [0.717, 1.165) is 0 Å². The van der Waals surface area contributed by atoms with Gasteiger partial charge in [0.25, 0.3) is 0 Å². The number of rotatable bonds is 2. The Morgan fingerprint density at radius 1 is 1.83 bits per heavy atom. The molecule has 0 rings (SSSR count). The van der Waals surface area contributed by atoms with E-state index in [-0.39, 0.29) is 5.78 Å². The molecule has 1 nitrogen and oxygen atoms in total. The lowest BCUT2D eigenvalue weighted by molar-refractivity contribution is -0.116. The van der Waals surface area contributed by atoms with Crippen LogP contribution >= 0.6 is 12.6 Å². The van der Waals surface area contributed by atoms with Crippen molar-refractivity contribution in [2.24, 2.45) is 0 Å². The standard InChI is InChI=1S/C4H8OS/c1-4(5)2-3-6/h6H,2-3H2,1H3. The van der Waals surface area contributed by atoms with E-state index in [4.69, 9.17) is 0 Å². The Labute approximate surface area is 43.2 Å². The maximum absolute atomic E-state index is 9.99. The topological polar surface area (TPSA) is 17.1 Å². The van der Waals surface area contributed by atoms with Gasteiger partial charge in [0.15, 0.2) is 0 Å². The van der Waals surface area contributed by atoms with Crippen molar-refractivity contribution in [3.63, 3.8) is 0 Å². The summed E-state index contributed by atoms with van der Waals surface area (Å²) in [5.41, 5.74) is 0. The number of Topliss-reactive ketones (excluding diaryl/α,β-unsaturated/α-hetero) is 1. The first kappa shape index (κ1) is 6.02. The van der Waals surface area contributed by atoms with Crippen molar-refractivity contribution in [1.82, 2.24) is 0 Å². The largest absolute Gasteiger partial charge is 0.300 e. The molecule has 36 valence electrons. The van der Waals surface area contributed by atoms with Crippen molar-refractivity contribution in [3.05, 3.63) is 0 Å². The molecule has 0 heterocycles. The Bertz CT molecular complexity index is 51.5. The Morgan fingerprint density at radius 3 is 2.33 bits per heavy atom. The van der Waals surface area contributed by atoms with Gasteiger partial charge in [0.05, 0.1) is 0 Å². The van der Waals surface area contributed by atoms with E-state index in [1.165, 1.54) is 0 Å². The lowest BCUT2D eigenvalue weighted by Crippen LogP contribution is -1.87. The summed E-state index contributed by atoms with van der Waals surface area (Å²) in [5, 5.41) is 0. The fraction of sp³-hybridized carbons (Fsp3) is 0.750. The summed E-state index contributed by atoms with van der Waals surface area (Å²) in [6, 6.07) is 0. The number of ketones is 1. The van der Waals surface area contributed by atoms with Crippen molar-refractivity contribution in [3.8, 4) is 0 Å². The van der Waals surface area contributed by atoms with Crippen LogP contribution in [0.4, 0.5) is 0 Å². The first-order chi connectivity index (χ1) is 2.77. The molecule has 0 aromatic rings. The predicted molar refractivity (Wildman–Crippen MR) is 29.2 cm³/mol. The monoisotopic (exact) mass is 104 g/mol. The summed E-state index contributed by atoms with van der Waals surface area (Å²) in [4.78, 5) is 9.99. The van der Waals surface area contributed by atoms with E-state index in [0.29, 0.717) is 12.2 Å². The molecule has 0 radical (unpaired) electrons. The SMILES string of the molecule is CC(=O)CCS. The van der Waals surface area contributed by atoms with Crippen molar-refractivity contribution < 1.29 is 4.79 Å². The fourth-order valence-corrected chi connectivity index (χ4v) is 0.472. The molecular formula is C4H8OS. The minimum absolute atomic E-state index is 0.213. The molecule has 0 aliphatic carbocycles. The molecule has 0 aromatic carbocycles. The van der Waals surface area contributed by atoms with Gasteiger partial charge in [-0.25, -0.2) is 0 Å². The van der Waals surface area contributed by atoms with Crippen molar-refractivity contribution in [1.29, 1.82) is 0 Å². The number of hydrogen-bond acceptors (Lipinski definition) is 2. The first-order valence-corrected chi connectivity index (χ1v) is 2.51. The number of hydrogen-bond donors (Lipinski definition) is 1. The third-order valence-electron chi connectivity index (χ3n) is 0.464. The van der Waals surface area contributed by atoms with E-state index in [1.54, 1.807) is 6.92 Å². The normalized spacial score (nSPS) is 8.33. The molecule has 0 fully saturated rings. The van der Waals surface area contributed by atoms with Gasteiger partial charge in [0.1, 0.15) is 5.78 Å². The van der Waals surface area contributed by atoms with Crippen LogP contribution in [0.3, 0.4) is 0 Å². The highest BCUT2D eigenvalue weighted by atomic mass is 32.1. The molecule has 0 aromatic heterocycles. The molecule has 0 aliphatic rings.